The normalized spacial score (nSPS) is 11.4. The van der Waals surface area contributed by atoms with Crippen molar-refractivity contribution >= 4 is 36.1 Å². The van der Waals surface area contributed by atoms with Gasteiger partial charge in [-0.15, -0.1) is 16.4 Å². The molecule has 0 saturated heterocycles. The van der Waals surface area contributed by atoms with Gasteiger partial charge in [0.05, 0.1) is 4.91 Å². The summed E-state index contributed by atoms with van der Waals surface area (Å²) in [6.45, 7) is 6.49. The third kappa shape index (κ3) is 3.68. The maximum atomic E-state index is 9.07. The third-order valence-corrected chi connectivity index (χ3v) is 4.24. The highest BCUT2D eigenvalue weighted by molar-refractivity contribution is 7.23. The summed E-state index contributed by atoms with van der Waals surface area (Å²) in [5.74, 6) is 0. The van der Waals surface area contributed by atoms with Gasteiger partial charge in [-0.1, -0.05) is 56.8 Å². The zero-order valence-corrected chi connectivity index (χ0v) is 12.7. The van der Waals surface area contributed by atoms with Crippen molar-refractivity contribution in [2.75, 3.05) is 0 Å². The molecule has 0 aliphatic rings. The Balaban J connectivity index is 2.16. The first-order valence-corrected chi connectivity index (χ1v) is 7.39. The molecule has 1 radical (unpaired) electrons. The predicted octanol–water partition coefficient (Wildman–Crippen LogP) is 0.823. The zero-order valence-electron chi connectivity index (χ0n) is 11.9. The van der Waals surface area contributed by atoms with Gasteiger partial charge in [-0.3, -0.25) is 0 Å². The second kappa shape index (κ2) is 6.08. The quantitative estimate of drug-likeness (QED) is 0.799. The van der Waals surface area contributed by atoms with E-state index < -0.39 is 7.12 Å². The molecule has 0 atom stereocenters. The van der Waals surface area contributed by atoms with Crippen molar-refractivity contribution in [1.29, 1.82) is 0 Å². The summed E-state index contributed by atoms with van der Waals surface area (Å²) in [5.41, 5.74) is 1.40. The summed E-state index contributed by atoms with van der Waals surface area (Å²) in [7, 11) is 0.702. The van der Waals surface area contributed by atoms with E-state index in [1.54, 1.807) is 12.1 Å². The molecule has 7 heteroatoms. The molecule has 20 heavy (non-hydrogen) atoms. The Hall–Kier alpha value is -1.17. The van der Waals surface area contributed by atoms with E-state index in [9.17, 15) is 0 Å². The van der Waals surface area contributed by atoms with Crippen LogP contribution >= 0.6 is 11.3 Å². The number of rotatable bonds is 5. The number of hydrogen-bond acceptors (Lipinski definition) is 5. The minimum Gasteiger partial charge on any atom is -0.423 e. The van der Waals surface area contributed by atoms with Crippen molar-refractivity contribution in [3.63, 3.8) is 0 Å². The van der Waals surface area contributed by atoms with Crippen LogP contribution in [0.4, 0.5) is 0 Å². The number of aromatic nitrogens is 2. The summed E-state index contributed by atoms with van der Waals surface area (Å²) in [6.07, 6.45) is 1.05. The minimum absolute atomic E-state index is 0.113. The Morgan fingerprint density at radius 1 is 1.20 bits per heavy atom. The van der Waals surface area contributed by atoms with E-state index in [4.69, 9.17) is 10.0 Å². The Labute approximate surface area is 124 Å². The lowest BCUT2D eigenvalue weighted by Crippen LogP contribution is -2.29. The number of benzene rings is 1. The summed E-state index contributed by atoms with van der Waals surface area (Å²) < 4.78 is 0. The van der Waals surface area contributed by atoms with Gasteiger partial charge in [0.2, 0.25) is 7.28 Å². The Morgan fingerprint density at radius 3 is 2.40 bits per heavy atom. The van der Waals surface area contributed by atoms with Gasteiger partial charge in [0.1, 0.15) is 5.01 Å². The van der Waals surface area contributed by atoms with E-state index in [2.05, 4.69) is 38.2 Å². The molecular weight excluding hydrogens is 270 g/mol. The summed E-state index contributed by atoms with van der Waals surface area (Å²) >= 11 is 1.54. The predicted molar refractivity (Wildman–Crippen MR) is 84.9 cm³/mol. The molecule has 4 nitrogen and oxygen atoms in total. The average molecular weight is 287 g/mol. The van der Waals surface area contributed by atoms with Gasteiger partial charge >= 0.3 is 7.12 Å². The molecule has 0 fully saturated rings. The molecule has 0 spiro atoms. The molecule has 0 aliphatic carbocycles. The van der Waals surface area contributed by atoms with Crippen LogP contribution in [0.2, 0.25) is 5.31 Å². The molecule has 0 bridgehead atoms. The molecule has 0 unspecified atom stereocenters. The van der Waals surface area contributed by atoms with Gasteiger partial charge in [-0.05, 0) is 5.46 Å². The molecule has 0 amide bonds. The largest absolute Gasteiger partial charge is 0.488 e. The first-order chi connectivity index (χ1) is 9.41. The maximum absolute atomic E-state index is 9.07. The van der Waals surface area contributed by atoms with Crippen LogP contribution in [0.5, 0.6) is 0 Å². The van der Waals surface area contributed by atoms with Crippen molar-refractivity contribution in [2.24, 2.45) is 0 Å². The van der Waals surface area contributed by atoms with Crippen LogP contribution in [-0.4, -0.2) is 34.6 Å². The van der Waals surface area contributed by atoms with Crippen LogP contribution in [-0.2, 0) is 0 Å². The van der Waals surface area contributed by atoms with Gasteiger partial charge in [-0.2, -0.15) is 5.10 Å². The lowest BCUT2D eigenvalue weighted by atomic mass is 9.54. The summed E-state index contributed by atoms with van der Waals surface area (Å²) in [5, 5.41) is 27.5. The fraction of sp³-hybridized carbons (Fsp3) is 0.385. The van der Waals surface area contributed by atoms with Crippen molar-refractivity contribution < 1.29 is 10.0 Å². The topological polar surface area (TPSA) is 66.2 Å². The van der Waals surface area contributed by atoms with E-state index in [1.807, 2.05) is 12.1 Å². The second-order valence-electron chi connectivity index (χ2n) is 5.43. The molecule has 0 saturated carbocycles. The minimum atomic E-state index is -1.44. The highest BCUT2D eigenvalue weighted by Gasteiger charge is 2.21. The van der Waals surface area contributed by atoms with Crippen molar-refractivity contribution in [1.82, 2.24) is 10.2 Å². The highest BCUT2D eigenvalue weighted by Crippen LogP contribution is 2.27. The molecule has 2 aromatic rings. The smallest absolute Gasteiger partial charge is 0.423 e. The fourth-order valence-corrected chi connectivity index (χ4v) is 2.64. The second-order valence-corrected chi connectivity index (χ2v) is 6.44. The SMILES string of the molecule is CCC(C)(C)[B]c1nnc(-c2ccc(B(O)O)cc2)s1. The van der Waals surface area contributed by atoms with Crippen molar-refractivity contribution in [2.45, 2.75) is 32.5 Å². The van der Waals surface area contributed by atoms with Gasteiger partial charge in [0.15, 0.2) is 0 Å². The lowest BCUT2D eigenvalue weighted by molar-refractivity contribution is 0.426. The highest BCUT2D eigenvalue weighted by atomic mass is 32.1. The van der Waals surface area contributed by atoms with E-state index in [0.29, 0.717) is 5.46 Å². The van der Waals surface area contributed by atoms with Gasteiger partial charge in [0.25, 0.3) is 0 Å². The van der Waals surface area contributed by atoms with Crippen LogP contribution in [0.3, 0.4) is 0 Å². The fourth-order valence-electron chi connectivity index (χ4n) is 1.64. The Bertz CT molecular complexity index is 570. The first kappa shape index (κ1) is 15.2. The molecule has 2 rings (SSSR count). The number of hydrogen-bond donors (Lipinski definition) is 2. The van der Waals surface area contributed by atoms with E-state index in [-0.39, 0.29) is 5.31 Å². The first-order valence-electron chi connectivity index (χ1n) is 6.57. The maximum Gasteiger partial charge on any atom is 0.488 e. The van der Waals surface area contributed by atoms with E-state index >= 15 is 0 Å². The lowest BCUT2D eigenvalue weighted by Gasteiger charge is -2.18. The monoisotopic (exact) mass is 287 g/mol. The van der Waals surface area contributed by atoms with E-state index in [1.165, 1.54) is 11.3 Å². The standard InChI is InChI=1S/C13H17B2N2O2S/c1-4-13(2,3)14-12-17-16-11(20-12)9-5-7-10(8-6-9)15(18)19/h5-8,18-19H,4H2,1-3H3. The van der Waals surface area contributed by atoms with Crippen LogP contribution < -0.4 is 10.4 Å². The van der Waals surface area contributed by atoms with Gasteiger partial charge in [0, 0.05) is 5.56 Å². The van der Waals surface area contributed by atoms with Crippen LogP contribution in [0, 0.1) is 0 Å². The Morgan fingerprint density at radius 2 is 1.85 bits per heavy atom. The average Bonchev–Trinajstić information content (AvgIpc) is 2.86. The Kier molecular flexibility index (Phi) is 4.62. The molecule has 2 N–H and O–H groups in total. The molecular formula is C13H17B2N2O2S. The van der Waals surface area contributed by atoms with Crippen LogP contribution in [0.15, 0.2) is 24.3 Å². The van der Waals surface area contributed by atoms with Crippen molar-refractivity contribution in [3.8, 4) is 10.6 Å². The van der Waals surface area contributed by atoms with Gasteiger partial charge in [-0.25, -0.2) is 0 Å². The van der Waals surface area contributed by atoms with Crippen LogP contribution in [0.1, 0.15) is 27.2 Å². The third-order valence-electron chi connectivity index (χ3n) is 3.32. The van der Waals surface area contributed by atoms with E-state index in [0.717, 1.165) is 21.9 Å². The number of nitrogens with zero attached hydrogens (tertiary/aromatic N) is 2. The van der Waals surface area contributed by atoms with Gasteiger partial charge < -0.3 is 10.0 Å². The molecule has 1 aromatic heterocycles. The summed E-state index contributed by atoms with van der Waals surface area (Å²) in [6, 6.07) is 7.01. The van der Waals surface area contributed by atoms with Crippen LogP contribution in [0.25, 0.3) is 10.6 Å². The molecule has 103 valence electrons. The molecule has 0 aliphatic heterocycles. The zero-order chi connectivity index (χ0) is 14.8. The van der Waals surface area contributed by atoms with Crippen molar-refractivity contribution in [3.05, 3.63) is 24.3 Å². The summed E-state index contributed by atoms with van der Waals surface area (Å²) in [4.78, 5) is 0.915. The molecule has 1 heterocycles. The molecule has 1 aromatic carbocycles.